The first-order valence-corrected chi connectivity index (χ1v) is 10.7. The number of hydrogen-bond acceptors (Lipinski definition) is 6. The number of esters is 1. The molecule has 7 heteroatoms. The van der Waals surface area contributed by atoms with Crippen LogP contribution in [0, 0.1) is 5.92 Å². The molecular formula is C20H30N2O4S. The van der Waals surface area contributed by atoms with Crippen molar-refractivity contribution in [2.24, 2.45) is 5.92 Å². The number of nitrogens with zero attached hydrogens (tertiary/aromatic N) is 1. The number of nitrogens with one attached hydrogen (secondary N) is 1. The molecule has 1 aliphatic heterocycles. The fourth-order valence-corrected chi connectivity index (χ4v) is 5.46. The largest absolute Gasteiger partial charge is 0.462 e. The zero-order chi connectivity index (χ0) is 19.6. The molecule has 1 amide bonds. The summed E-state index contributed by atoms with van der Waals surface area (Å²) in [5.41, 5.74) is 1.64. The number of rotatable bonds is 5. The molecule has 1 aliphatic carbocycles. The second-order valence-electron chi connectivity index (χ2n) is 7.78. The number of fused-ring (bicyclic) bond motifs is 1. The third-order valence-electron chi connectivity index (χ3n) is 5.11. The molecule has 0 radical (unpaired) electrons. The van der Waals surface area contributed by atoms with Crippen molar-refractivity contribution < 1.29 is 19.1 Å². The Balaban J connectivity index is 1.75. The van der Waals surface area contributed by atoms with Crippen molar-refractivity contribution in [1.82, 2.24) is 4.90 Å². The molecule has 2 aliphatic rings. The molecule has 1 saturated heterocycles. The van der Waals surface area contributed by atoms with Crippen molar-refractivity contribution in [2.45, 2.75) is 59.2 Å². The Labute approximate surface area is 165 Å². The molecule has 3 atom stereocenters. The van der Waals surface area contributed by atoms with Crippen LogP contribution in [-0.2, 0) is 27.1 Å². The minimum atomic E-state index is -0.325. The van der Waals surface area contributed by atoms with Gasteiger partial charge in [0.2, 0.25) is 5.91 Å². The van der Waals surface area contributed by atoms with Gasteiger partial charge in [0.1, 0.15) is 5.00 Å². The lowest BCUT2D eigenvalue weighted by Gasteiger charge is -2.34. The van der Waals surface area contributed by atoms with Crippen molar-refractivity contribution in [1.29, 1.82) is 0 Å². The molecule has 0 spiro atoms. The van der Waals surface area contributed by atoms with Crippen LogP contribution in [0.25, 0.3) is 0 Å². The zero-order valence-corrected chi connectivity index (χ0v) is 17.5. The summed E-state index contributed by atoms with van der Waals surface area (Å²) >= 11 is 1.54. The van der Waals surface area contributed by atoms with Gasteiger partial charge in [-0.15, -0.1) is 11.3 Å². The van der Waals surface area contributed by atoms with E-state index >= 15 is 0 Å². The third kappa shape index (κ3) is 4.89. The van der Waals surface area contributed by atoms with E-state index in [2.05, 4.69) is 17.1 Å². The smallest absolute Gasteiger partial charge is 0.341 e. The average molecular weight is 395 g/mol. The monoisotopic (exact) mass is 394 g/mol. The molecular weight excluding hydrogens is 364 g/mol. The lowest BCUT2D eigenvalue weighted by atomic mass is 9.88. The van der Waals surface area contributed by atoms with Crippen molar-refractivity contribution in [3.8, 4) is 0 Å². The van der Waals surface area contributed by atoms with Gasteiger partial charge in [0.25, 0.3) is 0 Å². The van der Waals surface area contributed by atoms with E-state index in [9.17, 15) is 9.59 Å². The predicted molar refractivity (Wildman–Crippen MR) is 107 cm³/mol. The lowest BCUT2D eigenvalue weighted by Crippen LogP contribution is -2.48. The van der Waals surface area contributed by atoms with E-state index in [4.69, 9.17) is 9.47 Å². The summed E-state index contributed by atoms with van der Waals surface area (Å²) in [4.78, 5) is 28.5. The number of carbonyl (C=O) groups is 2. The summed E-state index contributed by atoms with van der Waals surface area (Å²) in [6, 6.07) is 0. The molecule has 3 rings (SSSR count). The number of morpholine rings is 1. The molecule has 1 N–H and O–H groups in total. The van der Waals surface area contributed by atoms with Gasteiger partial charge >= 0.3 is 5.97 Å². The summed E-state index contributed by atoms with van der Waals surface area (Å²) in [5.74, 6) is 0.188. The number of anilines is 1. The first-order chi connectivity index (χ1) is 12.9. The maximum atomic E-state index is 12.7. The van der Waals surface area contributed by atoms with Crippen LogP contribution in [0.4, 0.5) is 5.00 Å². The molecule has 3 unspecified atom stereocenters. The Hall–Kier alpha value is -1.44. The molecule has 1 aromatic heterocycles. The minimum absolute atomic E-state index is 0.0894. The first kappa shape index (κ1) is 20.3. The standard InChI is InChI=1S/C20H30N2O4S/c1-5-25-20(24)18-15-7-6-12(2)8-16(15)27-19(18)21-17(23)11-22-9-13(3)26-14(4)10-22/h12-14H,5-11H2,1-4H3,(H,21,23). The van der Waals surface area contributed by atoms with Gasteiger partial charge in [-0.2, -0.15) is 0 Å². The SMILES string of the molecule is CCOC(=O)c1c(NC(=O)CN2CC(C)OC(C)C2)sc2c1CCC(C)C2. The molecule has 27 heavy (non-hydrogen) atoms. The fourth-order valence-electron chi connectivity index (χ4n) is 4.04. The van der Waals surface area contributed by atoms with Crippen molar-refractivity contribution in [3.05, 3.63) is 16.0 Å². The molecule has 0 saturated carbocycles. The topological polar surface area (TPSA) is 67.9 Å². The number of ether oxygens (including phenoxy) is 2. The minimum Gasteiger partial charge on any atom is -0.462 e. The lowest BCUT2D eigenvalue weighted by molar-refractivity contribution is -0.121. The van der Waals surface area contributed by atoms with Crippen molar-refractivity contribution >= 4 is 28.2 Å². The van der Waals surface area contributed by atoms with Gasteiger partial charge < -0.3 is 14.8 Å². The maximum absolute atomic E-state index is 12.7. The second-order valence-corrected chi connectivity index (χ2v) is 8.88. The number of hydrogen-bond donors (Lipinski definition) is 1. The molecule has 0 aromatic carbocycles. The van der Waals surface area contributed by atoms with Gasteiger partial charge in [-0.25, -0.2) is 4.79 Å². The molecule has 6 nitrogen and oxygen atoms in total. The Morgan fingerprint density at radius 2 is 1.96 bits per heavy atom. The Morgan fingerprint density at radius 1 is 1.26 bits per heavy atom. The Morgan fingerprint density at radius 3 is 2.63 bits per heavy atom. The maximum Gasteiger partial charge on any atom is 0.341 e. The molecule has 2 heterocycles. The van der Waals surface area contributed by atoms with Gasteiger partial charge in [0.15, 0.2) is 0 Å². The van der Waals surface area contributed by atoms with E-state index in [1.54, 1.807) is 6.92 Å². The number of amides is 1. The van der Waals surface area contributed by atoms with Crippen LogP contribution < -0.4 is 5.32 Å². The highest BCUT2D eigenvalue weighted by atomic mass is 32.1. The predicted octanol–water partition coefficient (Wildman–Crippen LogP) is 3.10. The highest BCUT2D eigenvalue weighted by Crippen LogP contribution is 2.40. The quantitative estimate of drug-likeness (QED) is 0.778. The first-order valence-electron chi connectivity index (χ1n) is 9.86. The van der Waals surface area contributed by atoms with Gasteiger partial charge in [-0.05, 0) is 51.5 Å². The average Bonchev–Trinajstić information content (AvgIpc) is 2.90. The van der Waals surface area contributed by atoms with Gasteiger partial charge in [0.05, 0.1) is 30.9 Å². The van der Waals surface area contributed by atoms with Crippen LogP contribution in [0.1, 0.15) is 54.9 Å². The van der Waals surface area contributed by atoms with Gasteiger partial charge in [0, 0.05) is 18.0 Å². The Bertz CT molecular complexity index is 692. The van der Waals surface area contributed by atoms with Crippen LogP contribution in [0.2, 0.25) is 0 Å². The van der Waals surface area contributed by atoms with Crippen LogP contribution in [0.15, 0.2) is 0 Å². The van der Waals surface area contributed by atoms with E-state index in [0.717, 1.165) is 37.9 Å². The number of thiophene rings is 1. The zero-order valence-electron chi connectivity index (χ0n) is 16.7. The van der Waals surface area contributed by atoms with Crippen LogP contribution in [0.3, 0.4) is 0 Å². The Kier molecular flexibility index (Phi) is 6.55. The molecule has 1 fully saturated rings. The van der Waals surface area contributed by atoms with Crippen LogP contribution >= 0.6 is 11.3 Å². The third-order valence-corrected chi connectivity index (χ3v) is 6.28. The van der Waals surface area contributed by atoms with Gasteiger partial charge in [-0.3, -0.25) is 9.69 Å². The molecule has 150 valence electrons. The molecule has 0 bridgehead atoms. The summed E-state index contributed by atoms with van der Waals surface area (Å²) in [7, 11) is 0. The van der Waals surface area contributed by atoms with E-state index in [1.807, 2.05) is 13.8 Å². The fraction of sp³-hybridized carbons (Fsp3) is 0.700. The van der Waals surface area contributed by atoms with Crippen LogP contribution in [0.5, 0.6) is 0 Å². The van der Waals surface area contributed by atoms with E-state index in [1.165, 1.54) is 16.2 Å². The molecule has 1 aromatic rings. The summed E-state index contributed by atoms with van der Waals surface area (Å²) in [5, 5.41) is 3.64. The van der Waals surface area contributed by atoms with E-state index in [-0.39, 0.29) is 24.1 Å². The normalized spacial score (nSPS) is 25.7. The van der Waals surface area contributed by atoms with Crippen LogP contribution in [-0.4, -0.2) is 55.2 Å². The van der Waals surface area contributed by atoms with Crippen molar-refractivity contribution in [3.63, 3.8) is 0 Å². The summed E-state index contributed by atoms with van der Waals surface area (Å²) in [6.45, 7) is 10.2. The van der Waals surface area contributed by atoms with Gasteiger partial charge in [-0.1, -0.05) is 6.92 Å². The van der Waals surface area contributed by atoms with E-state index < -0.39 is 0 Å². The second kappa shape index (κ2) is 8.71. The number of carbonyl (C=O) groups excluding carboxylic acids is 2. The summed E-state index contributed by atoms with van der Waals surface area (Å²) < 4.78 is 11.0. The highest BCUT2D eigenvalue weighted by Gasteiger charge is 2.30. The van der Waals surface area contributed by atoms with E-state index in [0.29, 0.717) is 29.6 Å². The highest BCUT2D eigenvalue weighted by molar-refractivity contribution is 7.17. The summed E-state index contributed by atoms with van der Waals surface area (Å²) in [6.07, 6.45) is 3.13. The van der Waals surface area contributed by atoms with Crippen molar-refractivity contribution in [2.75, 3.05) is 31.6 Å².